The van der Waals surface area contributed by atoms with Gasteiger partial charge in [-0.2, -0.15) is 10.2 Å². The van der Waals surface area contributed by atoms with Gasteiger partial charge in [0.1, 0.15) is 17.6 Å². The van der Waals surface area contributed by atoms with Gasteiger partial charge in [0.15, 0.2) is 0 Å². The van der Waals surface area contributed by atoms with E-state index in [-0.39, 0.29) is 17.7 Å². The van der Waals surface area contributed by atoms with E-state index in [1.54, 1.807) is 36.3 Å². The number of carbonyl (C=O) groups is 2. The molecule has 2 N–H and O–H groups in total. The fourth-order valence-electron chi connectivity index (χ4n) is 4.45. The van der Waals surface area contributed by atoms with Crippen molar-refractivity contribution in [1.29, 1.82) is 0 Å². The molecule has 1 saturated carbocycles. The third-order valence-electron chi connectivity index (χ3n) is 6.15. The first-order chi connectivity index (χ1) is 15.4. The third-order valence-corrected chi connectivity index (χ3v) is 6.15. The van der Waals surface area contributed by atoms with Crippen molar-refractivity contribution >= 4 is 17.6 Å². The van der Waals surface area contributed by atoms with Crippen LogP contribution in [0.4, 0.5) is 5.82 Å². The van der Waals surface area contributed by atoms with Crippen molar-refractivity contribution in [3.63, 3.8) is 0 Å². The van der Waals surface area contributed by atoms with Crippen molar-refractivity contribution in [2.24, 2.45) is 20.0 Å². The molecule has 0 saturated heterocycles. The maximum absolute atomic E-state index is 13.2. The molecule has 1 unspecified atom stereocenters. The molecule has 32 heavy (non-hydrogen) atoms. The molecule has 9 heteroatoms. The number of aryl methyl sites for hydroxylation is 3. The van der Waals surface area contributed by atoms with Crippen molar-refractivity contribution in [3.05, 3.63) is 48.0 Å². The van der Waals surface area contributed by atoms with Gasteiger partial charge >= 0.3 is 0 Å². The van der Waals surface area contributed by atoms with Crippen LogP contribution in [0.1, 0.15) is 48.2 Å². The Labute approximate surface area is 187 Å². The Bertz CT molecular complexity index is 1070. The van der Waals surface area contributed by atoms with Gasteiger partial charge < -0.3 is 10.6 Å². The second kappa shape index (κ2) is 9.33. The fraction of sp³-hybridized carbons (Fsp3) is 0.435. The minimum Gasteiger partial charge on any atom is -0.339 e. The first-order valence-corrected chi connectivity index (χ1v) is 11.0. The van der Waals surface area contributed by atoms with Crippen molar-refractivity contribution in [3.8, 4) is 11.3 Å². The van der Waals surface area contributed by atoms with Crippen LogP contribution in [0.15, 0.2) is 36.8 Å². The van der Waals surface area contributed by atoms with E-state index in [9.17, 15) is 9.59 Å². The SMILES string of the molecule is Cc1cnn(C)c1-c1ccc(NC(=O)C(NC(=O)c2ccnn2C)C2CCCCC2)nc1. The molecule has 0 spiro atoms. The Morgan fingerprint density at radius 1 is 1.03 bits per heavy atom. The molecule has 0 aromatic carbocycles. The van der Waals surface area contributed by atoms with Gasteiger partial charge in [-0.15, -0.1) is 0 Å². The smallest absolute Gasteiger partial charge is 0.270 e. The van der Waals surface area contributed by atoms with E-state index in [1.165, 1.54) is 4.68 Å². The Hall–Kier alpha value is -3.49. The predicted octanol–water partition coefficient (Wildman–Crippen LogP) is 2.84. The minimum absolute atomic E-state index is 0.0947. The summed E-state index contributed by atoms with van der Waals surface area (Å²) in [7, 11) is 3.60. The molecule has 1 aliphatic rings. The number of pyridine rings is 1. The lowest BCUT2D eigenvalue weighted by Crippen LogP contribution is -2.49. The summed E-state index contributed by atoms with van der Waals surface area (Å²) in [6, 6.07) is 4.71. The Morgan fingerprint density at radius 3 is 2.41 bits per heavy atom. The summed E-state index contributed by atoms with van der Waals surface area (Å²) in [5, 5.41) is 14.2. The highest BCUT2D eigenvalue weighted by molar-refractivity contribution is 6.00. The molecule has 0 radical (unpaired) electrons. The van der Waals surface area contributed by atoms with E-state index < -0.39 is 6.04 Å². The second-order valence-electron chi connectivity index (χ2n) is 8.41. The molecule has 3 aromatic heterocycles. The van der Waals surface area contributed by atoms with Crippen LogP contribution in [0.2, 0.25) is 0 Å². The highest BCUT2D eigenvalue weighted by Gasteiger charge is 2.32. The lowest BCUT2D eigenvalue weighted by molar-refractivity contribution is -0.119. The lowest BCUT2D eigenvalue weighted by atomic mass is 9.83. The number of carbonyl (C=O) groups excluding carboxylic acids is 2. The highest BCUT2D eigenvalue weighted by Crippen LogP contribution is 2.28. The highest BCUT2D eigenvalue weighted by atomic mass is 16.2. The molecule has 2 amide bonds. The zero-order valence-corrected chi connectivity index (χ0v) is 18.7. The van der Waals surface area contributed by atoms with Crippen LogP contribution in [-0.2, 0) is 18.9 Å². The van der Waals surface area contributed by atoms with Crippen LogP contribution in [0, 0.1) is 12.8 Å². The van der Waals surface area contributed by atoms with Crippen LogP contribution in [0.5, 0.6) is 0 Å². The van der Waals surface area contributed by atoms with Crippen LogP contribution < -0.4 is 10.6 Å². The van der Waals surface area contributed by atoms with Gasteiger partial charge in [0.25, 0.3) is 5.91 Å². The Balaban J connectivity index is 1.50. The zero-order valence-electron chi connectivity index (χ0n) is 18.7. The number of aromatic nitrogens is 5. The Kier molecular flexibility index (Phi) is 6.34. The van der Waals surface area contributed by atoms with Gasteiger partial charge in [-0.25, -0.2) is 4.98 Å². The molecular weight excluding hydrogens is 406 g/mol. The van der Waals surface area contributed by atoms with E-state index in [0.29, 0.717) is 11.5 Å². The molecule has 1 aliphatic carbocycles. The average molecular weight is 436 g/mol. The Morgan fingerprint density at radius 2 is 1.81 bits per heavy atom. The van der Waals surface area contributed by atoms with E-state index in [1.807, 2.05) is 26.2 Å². The number of amides is 2. The molecule has 3 heterocycles. The molecule has 0 bridgehead atoms. The summed E-state index contributed by atoms with van der Waals surface area (Å²) < 4.78 is 3.31. The number of hydrogen-bond donors (Lipinski definition) is 2. The number of rotatable bonds is 6. The quantitative estimate of drug-likeness (QED) is 0.619. The topological polar surface area (TPSA) is 107 Å². The fourth-order valence-corrected chi connectivity index (χ4v) is 4.45. The summed E-state index contributed by atoms with van der Waals surface area (Å²) in [5.41, 5.74) is 3.39. The van der Waals surface area contributed by atoms with Gasteiger partial charge in [0.05, 0.1) is 11.9 Å². The van der Waals surface area contributed by atoms with Crippen LogP contribution in [0.25, 0.3) is 11.3 Å². The zero-order chi connectivity index (χ0) is 22.7. The molecule has 1 atom stereocenters. The maximum Gasteiger partial charge on any atom is 0.270 e. The number of anilines is 1. The molecule has 0 aliphatic heterocycles. The van der Waals surface area contributed by atoms with Gasteiger partial charge in [-0.3, -0.25) is 19.0 Å². The van der Waals surface area contributed by atoms with Gasteiger partial charge in [0.2, 0.25) is 5.91 Å². The van der Waals surface area contributed by atoms with Gasteiger partial charge in [-0.1, -0.05) is 19.3 Å². The summed E-state index contributed by atoms with van der Waals surface area (Å²) in [4.78, 5) is 30.4. The molecule has 3 aromatic rings. The summed E-state index contributed by atoms with van der Waals surface area (Å²) in [5.74, 6) is 0.00144. The first-order valence-electron chi connectivity index (χ1n) is 11.0. The van der Waals surface area contributed by atoms with Crippen LogP contribution >= 0.6 is 0 Å². The lowest BCUT2D eigenvalue weighted by Gasteiger charge is -2.30. The van der Waals surface area contributed by atoms with E-state index in [0.717, 1.165) is 48.9 Å². The van der Waals surface area contributed by atoms with Gasteiger partial charge in [-0.05, 0) is 49.4 Å². The van der Waals surface area contributed by atoms with E-state index in [4.69, 9.17) is 0 Å². The van der Waals surface area contributed by atoms with Crippen LogP contribution in [0.3, 0.4) is 0 Å². The molecule has 4 rings (SSSR count). The normalized spacial score (nSPS) is 15.3. The molecular formula is C23H29N7O2. The van der Waals surface area contributed by atoms with Crippen LogP contribution in [-0.4, -0.2) is 42.4 Å². The number of hydrogen-bond acceptors (Lipinski definition) is 5. The number of nitrogens with one attached hydrogen (secondary N) is 2. The standard InChI is InChI=1S/C23H29N7O2/c1-15-13-26-30(3)21(15)17-9-10-19(24-14-17)27-23(32)20(16-7-5-4-6-8-16)28-22(31)18-11-12-25-29(18)2/h9-14,16,20H,4-8H2,1-3H3,(H,28,31)(H,24,27,32). The number of nitrogens with zero attached hydrogens (tertiary/aromatic N) is 5. The summed E-state index contributed by atoms with van der Waals surface area (Å²) in [6.07, 6.45) is 10.2. The van der Waals surface area contributed by atoms with Crippen molar-refractivity contribution in [2.75, 3.05) is 5.32 Å². The molecule has 168 valence electrons. The van der Waals surface area contributed by atoms with Gasteiger partial charge in [0, 0.05) is 32.1 Å². The monoisotopic (exact) mass is 435 g/mol. The van der Waals surface area contributed by atoms with Crippen molar-refractivity contribution in [1.82, 2.24) is 29.9 Å². The summed E-state index contributed by atoms with van der Waals surface area (Å²) in [6.45, 7) is 2.00. The van der Waals surface area contributed by atoms with E-state index in [2.05, 4.69) is 25.8 Å². The third kappa shape index (κ3) is 4.56. The second-order valence-corrected chi connectivity index (χ2v) is 8.41. The summed E-state index contributed by atoms with van der Waals surface area (Å²) >= 11 is 0. The van der Waals surface area contributed by atoms with Crippen molar-refractivity contribution in [2.45, 2.75) is 45.1 Å². The predicted molar refractivity (Wildman–Crippen MR) is 121 cm³/mol. The molecule has 1 fully saturated rings. The maximum atomic E-state index is 13.2. The van der Waals surface area contributed by atoms with Crippen molar-refractivity contribution < 1.29 is 9.59 Å². The van der Waals surface area contributed by atoms with E-state index >= 15 is 0 Å². The average Bonchev–Trinajstić information content (AvgIpc) is 3.37. The molecule has 9 nitrogen and oxygen atoms in total. The largest absolute Gasteiger partial charge is 0.339 e. The minimum atomic E-state index is -0.626. The first kappa shape index (κ1) is 21.7.